The van der Waals surface area contributed by atoms with E-state index in [9.17, 15) is 8.42 Å². The average molecular weight is 346 g/mol. The molecule has 3 N–H and O–H groups in total. The van der Waals surface area contributed by atoms with Gasteiger partial charge in [0.15, 0.2) is 0 Å². The quantitative estimate of drug-likeness (QED) is 0.891. The van der Waals surface area contributed by atoms with E-state index in [2.05, 4.69) is 9.71 Å². The standard InChI is InChI=1S/C13H13Cl2N3O2S/c1-8-11(3-2-4-17-8)18-21(19,20)12-6-10(14)5-9(7-16)13(12)15/h2-6,18H,7,16H2,1H3. The SMILES string of the molecule is Cc1ncccc1NS(=O)(=O)c1cc(Cl)cc(CN)c1Cl. The maximum absolute atomic E-state index is 12.5. The molecule has 0 bridgehead atoms. The number of aromatic nitrogens is 1. The second-order valence-electron chi connectivity index (χ2n) is 4.32. The molecule has 0 fully saturated rings. The molecule has 5 nitrogen and oxygen atoms in total. The minimum atomic E-state index is -3.88. The number of pyridine rings is 1. The summed E-state index contributed by atoms with van der Waals surface area (Å²) in [5, 5.41) is 0.319. The van der Waals surface area contributed by atoms with Crippen molar-refractivity contribution in [2.24, 2.45) is 5.73 Å². The number of benzene rings is 1. The smallest absolute Gasteiger partial charge is 0.263 e. The Balaban J connectivity index is 2.50. The van der Waals surface area contributed by atoms with E-state index in [1.54, 1.807) is 25.3 Å². The predicted octanol–water partition coefficient (Wildman–Crippen LogP) is 2.96. The van der Waals surface area contributed by atoms with Crippen LogP contribution in [0.25, 0.3) is 0 Å². The molecule has 0 spiro atoms. The zero-order valence-electron chi connectivity index (χ0n) is 11.1. The van der Waals surface area contributed by atoms with Crippen LogP contribution in [0.4, 0.5) is 5.69 Å². The van der Waals surface area contributed by atoms with Crippen LogP contribution in [0.2, 0.25) is 10.0 Å². The van der Waals surface area contributed by atoms with Crippen molar-refractivity contribution in [2.75, 3.05) is 4.72 Å². The Hall–Kier alpha value is -1.34. The second-order valence-corrected chi connectivity index (χ2v) is 6.79. The number of rotatable bonds is 4. The van der Waals surface area contributed by atoms with Gasteiger partial charge in [-0.05, 0) is 36.8 Å². The first kappa shape index (κ1) is 16.0. The zero-order chi connectivity index (χ0) is 15.6. The summed E-state index contributed by atoms with van der Waals surface area (Å²) in [6.45, 7) is 1.79. The van der Waals surface area contributed by atoms with Gasteiger partial charge in [0, 0.05) is 17.8 Å². The maximum atomic E-state index is 12.5. The molecule has 0 aliphatic rings. The monoisotopic (exact) mass is 345 g/mol. The molecule has 0 aliphatic carbocycles. The van der Waals surface area contributed by atoms with E-state index in [1.165, 1.54) is 12.1 Å². The summed E-state index contributed by atoms with van der Waals surface area (Å²) in [4.78, 5) is 3.91. The van der Waals surface area contributed by atoms with Crippen LogP contribution in [-0.4, -0.2) is 13.4 Å². The number of hydrogen-bond donors (Lipinski definition) is 2. The fraction of sp³-hybridized carbons (Fsp3) is 0.154. The van der Waals surface area contributed by atoms with Crippen LogP contribution in [0.15, 0.2) is 35.4 Å². The van der Waals surface area contributed by atoms with Gasteiger partial charge in [-0.3, -0.25) is 9.71 Å². The highest BCUT2D eigenvalue weighted by Gasteiger charge is 2.21. The Bertz CT molecular complexity index is 779. The highest BCUT2D eigenvalue weighted by Crippen LogP contribution is 2.30. The lowest BCUT2D eigenvalue weighted by Gasteiger charge is -2.13. The van der Waals surface area contributed by atoms with Crippen LogP contribution in [0, 0.1) is 6.92 Å². The molecule has 0 saturated carbocycles. The van der Waals surface area contributed by atoms with Gasteiger partial charge in [-0.1, -0.05) is 23.2 Å². The van der Waals surface area contributed by atoms with E-state index in [4.69, 9.17) is 28.9 Å². The second kappa shape index (κ2) is 6.19. The number of nitrogens with one attached hydrogen (secondary N) is 1. The van der Waals surface area contributed by atoms with E-state index in [0.717, 1.165) is 0 Å². The molecule has 0 aliphatic heterocycles. The van der Waals surface area contributed by atoms with E-state index < -0.39 is 10.0 Å². The minimum absolute atomic E-state index is 0.0657. The molecule has 1 aromatic heterocycles. The Kier molecular flexibility index (Phi) is 4.73. The fourth-order valence-electron chi connectivity index (χ4n) is 1.75. The molecule has 21 heavy (non-hydrogen) atoms. The van der Waals surface area contributed by atoms with Crippen molar-refractivity contribution in [2.45, 2.75) is 18.4 Å². The van der Waals surface area contributed by atoms with Gasteiger partial charge in [-0.2, -0.15) is 0 Å². The topological polar surface area (TPSA) is 85.1 Å². The van der Waals surface area contributed by atoms with Crippen LogP contribution >= 0.6 is 23.2 Å². The molecule has 0 unspecified atom stereocenters. The third-order valence-corrected chi connectivity index (χ3v) is 5.01. The van der Waals surface area contributed by atoms with Crippen molar-refractivity contribution >= 4 is 38.9 Å². The molecule has 112 valence electrons. The lowest BCUT2D eigenvalue weighted by molar-refractivity contribution is 0.601. The van der Waals surface area contributed by atoms with Crippen LogP contribution in [-0.2, 0) is 16.6 Å². The summed E-state index contributed by atoms with van der Waals surface area (Å²) < 4.78 is 27.4. The Morgan fingerprint density at radius 3 is 2.67 bits per heavy atom. The van der Waals surface area contributed by atoms with Gasteiger partial charge >= 0.3 is 0 Å². The summed E-state index contributed by atoms with van der Waals surface area (Å²) in [6.07, 6.45) is 1.58. The lowest BCUT2D eigenvalue weighted by atomic mass is 10.2. The van der Waals surface area contributed by atoms with Gasteiger partial charge in [0.25, 0.3) is 10.0 Å². The van der Waals surface area contributed by atoms with Gasteiger partial charge in [-0.15, -0.1) is 0 Å². The summed E-state index contributed by atoms with van der Waals surface area (Å²) in [5.74, 6) is 0. The van der Waals surface area contributed by atoms with Crippen LogP contribution in [0.1, 0.15) is 11.3 Å². The minimum Gasteiger partial charge on any atom is -0.326 e. The third-order valence-electron chi connectivity index (χ3n) is 2.84. The first-order valence-corrected chi connectivity index (χ1v) is 8.21. The van der Waals surface area contributed by atoms with E-state index in [1.807, 2.05) is 0 Å². The molecule has 0 saturated heterocycles. The summed E-state index contributed by atoms with van der Waals surface area (Å²) in [5.41, 5.74) is 6.94. The fourth-order valence-corrected chi connectivity index (χ4v) is 3.82. The van der Waals surface area contributed by atoms with Crippen molar-refractivity contribution in [3.8, 4) is 0 Å². The molecule has 1 aromatic carbocycles. The van der Waals surface area contributed by atoms with Gasteiger partial charge in [0.1, 0.15) is 4.90 Å². The summed E-state index contributed by atoms with van der Waals surface area (Å²) in [7, 11) is -3.88. The van der Waals surface area contributed by atoms with Gasteiger partial charge in [0.05, 0.1) is 16.4 Å². The Morgan fingerprint density at radius 2 is 2.05 bits per heavy atom. The van der Waals surface area contributed by atoms with Crippen molar-refractivity contribution < 1.29 is 8.42 Å². The predicted molar refractivity (Wildman–Crippen MR) is 84.1 cm³/mol. The molecule has 0 radical (unpaired) electrons. The zero-order valence-corrected chi connectivity index (χ0v) is 13.4. The maximum Gasteiger partial charge on any atom is 0.263 e. The van der Waals surface area contributed by atoms with Gasteiger partial charge in [-0.25, -0.2) is 8.42 Å². The number of nitrogens with zero attached hydrogens (tertiary/aromatic N) is 1. The third kappa shape index (κ3) is 3.47. The van der Waals surface area contributed by atoms with E-state index in [-0.39, 0.29) is 21.5 Å². The van der Waals surface area contributed by atoms with E-state index >= 15 is 0 Å². The number of halogens is 2. The first-order chi connectivity index (χ1) is 9.85. The summed E-state index contributed by atoms with van der Waals surface area (Å²) >= 11 is 12.0. The molecular weight excluding hydrogens is 333 g/mol. The molecule has 2 aromatic rings. The molecule has 0 atom stereocenters. The van der Waals surface area contributed by atoms with Crippen molar-refractivity contribution in [3.05, 3.63) is 51.8 Å². The van der Waals surface area contributed by atoms with Crippen LogP contribution in [0.5, 0.6) is 0 Å². The van der Waals surface area contributed by atoms with Crippen LogP contribution < -0.4 is 10.5 Å². The van der Waals surface area contributed by atoms with Crippen molar-refractivity contribution in [1.82, 2.24) is 4.98 Å². The molecule has 1 heterocycles. The number of aryl methyl sites for hydroxylation is 1. The van der Waals surface area contributed by atoms with Gasteiger partial charge < -0.3 is 5.73 Å². The largest absolute Gasteiger partial charge is 0.326 e. The summed E-state index contributed by atoms with van der Waals surface area (Å²) in [6, 6.07) is 6.08. The number of anilines is 1. The Morgan fingerprint density at radius 1 is 1.33 bits per heavy atom. The molecule has 2 rings (SSSR count). The highest BCUT2D eigenvalue weighted by molar-refractivity contribution is 7.92. The first-order valence-electron chi connectivity index (χ1n) is 5.97. The lowest BCUT2D eigenvalue weighted by Crippen LogP contribution is -2.15. The average Bonchev–Trinajstić information content (AvgIpc) is 2.43. The van der Waals surface area contributed by atoms with Crippen molar-refractivity contribution in [1.29, 1.82) is 0 Å². The molecule has 0 amide bonds. The highest BCUT2D eigenvalue weighted by atomic mass is 35.5. The number of nitrogens with two attached hydrogens (primary N) is 1. The van der Waals surface area contributed by atoms with E-state index in [0.29, 0.717) is 16.9 Å². The number of hydrogen-bond acceptors (Lipinski definition) is 4. The van der Waals surface area contributed by atoms with Crippen molar-refractivity contribution in [3.63, 3.8) is 0 Å². The molecular formula is C13H13Cl2N3O2S. The van der Waals surface area contributed by atoms with Crippen LogP contribution in [0.3, 0.4) is 0 Å². The normalized spacial score (nSPS) is 11.4. The van der Waals surface area contributed by atoms with Gasteiger partial charge in [0.2, 0.25) is 0 Å². The Labute approximate surface area is 133 Å². The number of sulfonamides is 1. The molecule has 8 heteroatoms.